The molecule has 1 aromatic carbocycles. The highest BCUT2D eigenvalue weighted by Gasteiger charge is 2.10. The van der Waals surface area contributed by atoms with Crippen LogP contribution in [0.4, 0.5) is 4.39 Å². The largest absolute Gasteiger partial charge is 0.453 e. The van der Waals surface area contributed by atoms with Gasteiger partial charge in [0.1, 0.15) is 11.6 Å². The topological polar surface area (TPSA) is 59.9 Å². The highest BCUT2D eigenvalue weighted by Crippen LogP contribution is 2.27. The van der Waals surface area contributed by atoms with Crippen LogP contribution in [-0.4, -0.2) is 14.8 Å². The van der Waals surface area contributed by atoms with Crippen molar-refractivity contribution in [1.29, 1.82) is 0 Å². The quantitative estimate of drug-likeness (QED) is 0.767. The molecule has 19 heavy (non-hydrogen) atoms. The molecule has 0 unspecified atom stereocenters. The molecule has 0 atom stereocenters. The van der Waals surface area contributed by atoms with E-state index in [1.165, 1.54) is 30.6 Å². The van der Waals surface area contributed by atoms with E-state index in [1.807, 2.05) is 0 Å². The Kier molecular flexibility index (Phi) is 2.56. The van der Waals surface area contributed by atoms with E-state index in [1.54, 1.807) is 17.9 Å². The molecule has 0 saturated carbocycles. The maximum Gasteiger partial charge on any atom is 0.193 e. The molecule has 0 saturated heterocycles. The molecule has 0 aliphatic rings. The summed E-state index contributed by atoms with van der Waals surface area (Å²) in [6.07, 6.45) is 4.60. The van der Waals surface area contributed by atoms with E-state index in [9.17, 15) is 9.18 Å². The van der Waals surface area contributed by atoms with Gasteiger partial charge in [0, 0.05) is 25.4 Å². The van der Waals surface area contributed by atoms with Crippen LogP contribution in [0.2, 0.25) is 0 Å². The molecule has 2 aromatic heterocycles. The summed E-state index contributed by atoms with van der Waals surface area (Å²) in [5, 5.41) is 4.26. The smallest absolute Gasteiger partial charge is 0.193 e. The summed E-state index contributed by atoms with van der Waals surface area (Å²) in [6.45, 7) is 0. The first-order valence-corrected chi connectivity index (χ1v) is 5.61. The Morgan fingerprint density at radius 1 is 1.42 bits per heavy atom. The van der Waals surface area contributed by atoms with E-state index in [4.69, 9.17) is 4.74 Å². The molecule has 6 heteroatoms. The second kappa shape index (κ2) is 4.24. The third-order valence-corrected chi connectivity index (χ3v) is 2.70. The van der Waals surface area contributed by atoms with Gasteiger partial charge in [0.2, 0.25) is 0 Å². The second-order valence-corrected chi connectivity index (χ2v) is 4.12. The van der Waals surface area contributed by atoms with Crippen LogP contribution in [0.25, 0.3) is 10.9 Å². The molecule has 96 valence electrons. The van der Waals surface area contributed by atoms with Gasteiger partial charge in [0.05, 0.1) is 23.3 Å². The third kappa shape index (κ3) is 2.08. The first-order valence-electron chi connectivity index (χ1n) is 5.61. The molecule has 2 heterocycles. The molecule has 1 N–H and O–H groups in total. The van der Waals surface area contributed by atoms with Crippen LogP contribution in [0.1, 0.15) is 0 Å². The first kappa shape index (κ1) is 11.5. The predicted octanol–water partition coefficient (Wildman–Crippen LogP) is 2.19. The fourth-order valence-corrected chi connectivity index (χ4v) is 1.90. The molecule has 0 fully saturated rings. The third-order valence-electron chi connectivity index (χ3n) is 2.70. The molecular weight excluding hydrogens is 249 g/mol. The molecule has 0 bridgehead atoms. The van der Waals surface area contributed by atoms with Gasteiger partial charge < -0.3 is 9.72 Å². The van der Waals surface area contributed by atoms with Crippen molar-refractivity contribution in [3.8, 4) is 11.5 Å². The zero-order valence-electron chi connectivity index (χ0n) is 10.1. The van der Waals surface area contributed by atoms with Crippen molar-refractivity contribution in [2.75, 3.05) is 0 Å². The average molecular weight is 259 g/mol. The highest BCUT2D eigenvalue weighted by atomic mass is 19.1. The van der Waals surface area contributed by atoms with Crippen molar-refractivity contribution in [2.45, 2.75) is 0 Å². The van der Waals surface area contributed by atoms with Gasteiger partial charge in [-0.05, 0) is 6.07 Å². The number of fused-ring (bicyclic) bond motifs is 1. The van der Waals surface area contributed by atoms with Gasteiger partial charge in [-0.1, -0.05) is 0 Å². The van der Waals surface area contributed by atoms with Gasteiger partial charge in [-0.15, -0.1) is 0 Å². The highest BCUT2D eigenvalue weighted by molar-refractivity contribution is 5.85. The number of rotatable bonds is 2. The van der Waals surface area contributed by atoms with Gasteiger partial charge >= 0.3 is 0 Å². The molecule has 0 amide bonds. The molecule has 0 radical (unpaired) electrons. The SMILES string of the molecule is Cn1cc(Oc2cc(F)cc3[nH]ccc(=O)c23)cn1. The van der Waals surface area contributed by atoms with Crippen molar-refractivity contribution in [3.63, 3.8) is 0 Å². The van der Waals surface area contributed by atoms with Crippen LogP contribution in [0, 0.1) is 5.82 Å². The number of hydrogen-bond acceptors (Lipinski definition) is 3. The van der Waals surface area contributed by atoms with Crippen molar-refractivity contribution < 1.29 is 9.13 Å². The van der Waals surface area contributed by atoms with E-state index in [-0.39, 0.29) is 11.2 Å². The van der Waals surface area contributed by atoms with Crippen molar-refractivity contribution in [2.24, 2.45) is 7.05 Å². The van der Waals surface area contributed by atoms with Crippen molar-refractivity contribution in [1.82, 2.24) is 14.8 Å². The fraction of sp³-hybridized carbons (Fsp3) is 0.0769. The second-order valence-electron chi connectivity index (χ2n) is 4.12. The lowest BCUT2D eigenvalue weighted by atomic mass is 10.2. The maximum atomic E-state index is 13.5. The zero-order chi connectivity index (χ0) is 13.4. The lowest BCUT2D eigenvalue weighted by Crippen LogP contribution is -2.02. The first-order chi connectivity index (χ1) is 9.13. The van der Waals surface area contributed by atoms with Gasteiger partial charge in [-0.3, -0.25) is 9.48 Å². The van der Waals surface area contributed by atoms with E-state index in [2.05, 4.69) is 10.1 Å². The number of hydrogen-bond donors (Lipinski definition) is 1. The molecule has 0 aliphatic heterocycles. The Bertz CT molecular complexity index is 807. The summed E-state index contributed by atoms with van der Waals surface area (Å²) >= 11 is 0. The van der Waals surface area contributed by atoms with Gasteiger partial charge in [0.25, 0.3) is 0 Å². The molecule has 3 rings (SSSR count). The fourth-order valence-electron chi connectivity index (χ4n) is 1.90. The Balaban J connectivity index is 2.19. The lowest BCUT2D eigenvalue weighted by Gasteiger charge is -2.06. The van der Waals surface area contributed by atoms with Crippen LogP contribution in [0.3, 0.4) is 0 Å². The number of pyridine rings is 1. The predicted molar refractivity (Wildman–Crippen MR) is 67.8 cm³/mol. The van der Waals surface area contributed by atoms with Gasteiger partial charge in [0.15, 0.2) is 11.2 Å². The monoisotopic (exact) mass is 259 g/mol. The van der Waals surface area contributed by atoms with Crippen molar-refractivity contribution >= 4 is 10.9 Å². The zero-order valence-corrected chi connectivity index (χ0v) is 10.1. The summed E-state index contributed by atoms with van der Waals surface area (Å²) in [4.78, 5) is 14.7. The molecular formula is C13H10FN3O2. The minimum atomic E-state index is -0.478. The van der Waals surface area contributed by atoms with Crippen LogP contribution >= 0.6 is 0 Å². The number of H-pyrrole nitrogens is 1. The normalized spacial score (nSPS) is 10.8. The summed E-state index contributed by atoms with van der Waals surface area (Å²) < 4.78 is 20.6. The Morgan fingerprint density at radius 3 is 3.00 bits per heavy atom. The van der Waals surface area contributed by atoms with Crippen LogP contribution in [0.15, 0.2) is 41.6 Å². The number of benzene rings is 1. The summed E-state index contributed by atoms with van der Waals surface area (Å²) in [5.41, 5.74) is 0.166. The van der Waals surface area contributed by atoms with E-state index in [0.29, 0.717) is 16.7 Å². The number of aromatic amines is 1. The van der Waals surface area contributed by atoms with E-state index >= 15 is 0 Å². The number of halogens is 1. The standard InChI is InChI=1S/C13H10FN3O2/c1-17-7-9(6-16-17)19-12-5-8(14)4-10-13(12)11(18)2-3-15-10/h2-7H,1H3,(H,15,18). The minimum Gasteiger partial charge on any atom is -0.453 e. The van der Waals surface area contributed by atoms with Crippen LogP contribution < -0.4 is 10.2 Å². The van der Waals surface area contributed by atoms with Crippen LogP contribution in [-0.2, 0) is 7.05 Å². The summed E-state index contributed by atoms with van der Waals surface area (Å²) in [6, 6.07) is 3.81. The summed E-state index contributed by atoms with van der Waals surface area (Å²) in [5.74, 6) is 0.135. The van der Waals surface area contributed by atoms with Gasteiger partial charge in [-0.25, -0.2) is 4.39 Å². The molecule has 0 aliphatic carbocycles. The molecule has 5 nitrogen and oxygen atoms in total. The Hall–Kier alpha value is -2.63. The van der Waals surface area contributed by atoms with E-state index in [0.717, 1.165) is 0 Å². The number of nitrogens with zero attached hydrogens (tertiary/aromatic N) is 2. The Labute approximate surface area is 107 Å². The minimum absolute atomic E-state index is 0.171. The number of nitrogens with one attached hydrogen (secondary N) is 1. The lowest BCUT2D eigenvalue weighted by molar-refractivity contribution is 0.481. The molecule has 3 aromatic rings. The number of aromatic nitrogens is 3. The van der Waals surface area contributed by atoms with E-state index < -0.39 is 5.82 Å². The van der Waals surface area contributed by atoms with Crippen LogP contribution in [0.5, 0.6) is 11.5 Å². The summed E-state index contributed by atoms with van der Waals surface area (Å²) in [7, 11) is 1.74. The average Bonchev–Trinajstić information content (AvgIpc) is 2.74. The number of aryl methyl sites for hydroxylation is 1. The maximum absolute atomic E-state index is 13.5. The van der Waals surface area contributed by atoms with Crippen molar-refractivity contribution in [3.05, 3.63) is 52.8 Å². The Morgan fingerprint density at radius 2 is 2.26 bits per heavy atom. The van der Waals surface area contributed by atoms with Gasteiger partial charge in [-0.2, -0.15) is 5.10 Å². The number of ether oxygens (including phenoxy) is 1. The molecule has 0 spiro atoms.